The van der Waals surface area contributed by atoms with Crippen LogP contribution in [0.25, 0.3) is 55.0 Å². The fourth-order valence-electron chi connectivity index (χ4n) is 6.13. The lowest BCUT2D eigenvalue weighted by Gasteiger charge is -2.26. The topological polar surface area (TPSA) is 16.4 Å². The number of hydrogen-bond acceptors (Lipinski definition) is 2. The van der Waals surface area contributed by atoms with E-state index in [1.165, 1.54) is 21.9 Å². The van der Waals surface area contributed by atoms with Gasteiger partial charge in [-0.15, -0.1) is 0 Å². The zero-order valence-corrected chi connectivity index (χ0v) is 22.9. The van der Waals surface area contributed by atoms with E-state index in [-0.39, 0.29) is 0 Å². The van der Waals surface area contributed by atoms with E-state index in [9.17, 15) is 0 Å². The van der Waals surface area contributed by atoms with E-state index >= 15 is 0 Å². The highest BCUT2D eigenvalue weighted by Crippen LogP contribution is 2.47. The molecule has 0 aliphatic rings. The molecule has 1 aromatic heterocycles. The first-order valence-electron chi connectivity index (χ1n) is 14.3. The molecule has 0 unspecified atom stereocenters. The number of para-hydroxylation sites is 1. The summed E-state index contributed by atoms with van der Waals surface area (Å²) in [5.41, 5.74) is 9.66. The average molecular weight is 538 g/mol. The largest absolute Gasteiger partial charge is 0.455 e. The summed E-state index contributed by atoms with van der Waals surface area (Å²) in [7, 11) is 0. The van der Waals surface area contributed by atoms with Crippen molar-refractivity contribution in [3.63, 3.8) is 0 Å². The van der Waals surface area contributed by atoms with Crippen molar-refractivity contribution in [3.8, 4) is 22.3 Å². The number of furan rings is 1. The first-order chi connectivity index (χ1) is 20.8. The Bertz CT molecular complexity index is 2180. The predicted molar refractivity (Wildman–Crippen MR) is 177 cm³/mol. The van der Waals surface area contributed by atoms with Gasteiger partial charge >= 0.3 is 0 Å². The van der Waals surface area contributed by atoms with E-state index in [0.29, 0.717) is 0 Å². The third-order valence-electron chi connectivity index (χ3n) is 8.02. The van der Waals surface area contributed by atoms with E-state index in [1.807, 2.05) is 0 Å². The second kappa shape index (κ2) is 10.1. The van der Waals surface area contributed by atoms with E-state index in [4.69, 9.17) is 4.42 Å². The molecule has 0 aliphatic carbocycles. The van der Waals surface area contributed by atoms with Crippen LogP contribution in [0.1, 0.15) is 0 Å². The minimum atomic E-state index is 0.871. The van der Waals surface area contributed by atoms with E-state index in [1.54, 1.807) is 0 Å². The molecule has 2 nitrogen and oxygen atoms in total. The molecule has 0 fully saturated rings. The van der Waals surface area contributed by atoms with Gasteiger partial charge in [0.05, 0.1) is 11.1 Å². The summed E-state index contributed by atoms with van der Waals surface area (Å²) in [6.07, 6.45) is 0. The van der Waals surface area contributed by atoms with Crippen LogP contribution in [0.15, 0.2) is 168 Å². The van der Waals surface area contributed by atoms with Gasteiger partial charge in [-0.05, 0) is 69.9 Å². The standard InChI is InChI=1S/C40H27NO/c1-4-14-28(15-5-1)30-19-12-22-33(26-30)41(32-20-8-3-9-21-32)36-24-13-25-37-39(36)38-34-23-11-10-18-31(34)27-35(40(38)42-37)29-16-6-2-7-17-29/h1-27H. The maximum absolute atomic E-state index is 6.78. The van der Waals surface area contributed by atoms with Crippen LogP contribution in [0.5, 0.6) is 0 Å². The van der Waals surface area contributed by atoms with Crippen LogP contribution < -0.4 is 4.90 Å². The number of anilines is 3. The molecular formula is C40H27NO. The Hall–Kier alpha value is -5.60. The molecule has 0 bridgehead atoms. The molecule has 0 amide bonds. The highest BCUT2D eigenvalue weighted by Gasteiger charge is 2.22. The summed E-state index contributed by atoms with van der Waals surface area (Å²) in [5, 5.41) is 4.62. The highest BCUT2D eigenvalue weighted by atomic mass is 16.3. The minimum Gasteiger partial charge on any atom is -0.455 e. The van der Waals surface area contributed by atoms with Gasteiger partial charge in [0, 0.05) is 22.3 Å². The SMILES string of the molecule is c1ccc(-c2cccc(N(c3ccccc3)c3cccc4oc5c(-c6ccccc6)cc6ccccc6c5c34)c2)cc1. The molecule has 8 rings (SSSR count). The Balaban J connectivity index is 1.46. The van der Waals surface area contributed by atoms with Gasteiger partial charge in [-0.25, -0.2) is 0 Å². The van der Waals surface area contributed by atoms with Crippen LogP contribution >= 0.6 is 0 Å². The van der Waals surface area contributed by atoms with Crippen molar-refractivity contribution in [1.82, 2.24) is 0 Å². The molecule has 198 valence electrons. The molecule has 0 spiro atoms. The first kappa shape index (κ1) is 24.2. The number of nitrogens with zero attached hydrogens (tertiary/aromatic N) is 1. The lowest BCUT2D eigenvalue weighted by atomic mass is 9.95. The summed E-state index contributed by atoms with van der Waals surface area (Å²) < 4.78 is 6.78. The zero-order valence-electron chi connectivity index (χ0n) is 22.9. The van der Waals surface area contributed by atoms with Crippen molar-refractivity contribution in [1.29, 1.82) is 0 Å². The van der Waals surface area contributed by atoms with Crippen molar-refractivity contribution in [3.05, 3.63) is 164 Å². The van der Waals surface area contributed by atoms with Crippen molar-refractivity contribution < 1.29 is 4.42 Å². The number of benzene rings is 7. The molecule has 0 radical (unpaired) electrons. The van der Waals surface area contributed by atoms with E-state index < -0.39 is 0 Å². The molecule has 0 saturated carbocycles. The molecule has 0 atom stereocenters. The summed E-state index contributed by atoms with van der Waals surface area (Å²) in [4.78, 5) is 2.35. The average Bonchev–Trinajstić information content (AvgIpc) is 3.47. The fraction of sp³-hybridized carbons (Fsp3) is 0. The van der Waals surface area contributed by atoms with Crippen LogP contribution in [-0.2, 0) is 0 Å². The Kier molecular flexibility index (Phi) is 5.82. The monoisotopic (exact) mass is 537 g/mol. The summed E-state index contributed by atoms with van der Waals surface area (Å²) >= 11 is 0. The van der Waals surface area contributed by atoms with Crippen LogP contribution in [-0.4, -0.2) is 0 Å². The normalized spacial score (nSPS) is 11.3. The van der Waals surface area contributed by atoms with Crippen molar-refractivity contribution in [2.75, 3.05) is 4.90 Å². The second-order valence-electron chi connectivity index (χ2n) is 10.6. The lowest BCUT2D eigenvalue weighted by Crippen LogP contribution is -2.10. The number of fused-ring (bicyclic) bond motifs is 5. The Morgan fingerprint density at radius 3 is 1.83 bits per heavy atom. The van der Waals surface area contributed by atoms with Gasteiger partial charge in [-0.1, -0.05) is 121 Å². The van der Waals surface area contributed by atoms with Crippen molar-refractivity contribution in [2.24, 2.45) is 0 Å². The first-order valence-corrected chi connectivity index (χ1v) is 14.3. The van der Waals surface area contributed by atoms with Gasteiger partial charge in [-0.3, -0.25) is 0 Å². The molecule has 1 heterocycles. The van der Waals surface area contributed by atoms with Crippen molar-refractivity contribution in [2.45, 2.75) is 0 Å². The Morgan fingerprint density at radius 1 is 0.429 bits per heavy atom. The predicted octanol–water partition coefficient (Wildman–Crippen LogP) is 11.5. The maximum Gasteiger partial charge on any atom is 0.143 e. The van der Waals surface area contributed by atoms with Crippen LogP contribution in [0.4, 0.5) is 17.1 Å². The quantitative estimate of drug-likeness (QED) is 0.217. The molecular weight excluding hydrogens is 510 g/mol. The molecule has 8 aromatic rings. The second-order valence-corrected chi connectivity index (χ2v) is 10.6. The van der Waals surface area contributed by atoms with Gasteiger partial charge in [0.15, 0.2) is 0 Å². The van der Waals surface area contributed by atoms with Crippen LogP contribution in [0, 0.1) is 0 Å². The van der Waals surface area contributed by atoms with E-state index in [0.717, 1.165) is 50.1 Å². The Morgan fingerprint density at radius 2 is 1.05 bits per heavy atom. The fourth-order valence-corrected chi connectivity index (χ4v) is 6.13. The minimum absolute atomic E-state index is 0.871. The maximum atomic E-state index is 6.78. The summed E-state index contributed by atoms with van der Waals surface area (Å²) in [5.74, 6) is 0. The van der Waals surface area contributed by atoms with Gasteiger partial charge in [0.2, 0.25) is 0 Å². The number of rotatable bonds is 5. The number of hydrogen-bond donors (Lipinski definition) is 0. The molecule has 7 aromatic carbocycles. The molecule has 0 aliphatic heterocycles. The Labute approximate surface area is 244 Å². The van der Waals surface area contributed by atoms with Gasteiger partial charge in [-0.2, -0.15) is 0 Å². The molecule has 42 heavy (non-hydrogen) atoms. The summed E-state index contributed by atoms with van der Waals surface area (Å²) in [6, 6.07) is 57.8. The van der Waals surface area contributed by atoms with Crippen molar-refractivity contribution >= 4 is 49.8 Å². The third kappa shape index (κ3) is 4.05. The van der Waals surface area contributed by atoms with Gasteiger partial charge in [0.1, 0.15) is 11.2 Å². The van der Waals surface area contributed by atoms with Crippen LogP contribution in [0.2, 0.25) is 0 Å². The van der Waals surface area contributed by atoms with Gasteiger partial charge < -0.3 is 9.32 Å². The zero-order chi connectivity index (χ0) is 27.9. The third-order valence-corrected chi connectivity index (χ3v) is 8.02. The molecule has 0 N–H and O–H groups in total. The molecule has 2 heteroatoms. The molecule has 0 saturated heterocycles. The smallest absolute Gasteiger partial charge is 0.143 e. The van der Waals surface area contributed by atoms with E-state index in [2.05, 4.69) is 169 Å². The summed E-state index contributed by atoms with van der Waals surface area (Å²) in [6.45, 7) is 0. The van der Waals surface area contributed by atoms with Crippen LogP contribution in [0.3, 0.4) is 0 Å². The van der Waals surface area contributed by atoms with Gasteiger partial charge in [0.25, 0.3) is 0 Å². The highest BCUT2D eigenvalue weighted by molar-refractivity contribution is 6.26. The lowest BCUT2D eigenvalue weighted by molar-refractivity contribution is 0.670.